The fraction of sp³-hybridized carbons (Fsp3) is 0.529. The topological polar surface area (TPSA) is 81.9 Å². The maximum absolute atomic E-state index is 12.5. The number of carbonyl (C=O) groups excluding carboxylic acids is 1. The van der Waals surface area contributed by atoms with Crippen LogP contribution in [0.5, 0.6) is 0 Å². The van der Waals surface area contributed by atoms with Crippen LogP contribution in [0.2, 0.25) is 0 Å². The molecule has 1 spiro atoms. The SMILES string of the molecule is CCOC1CC(NC(=O)c2ccc(-n3cncn3)nc2)C12CCC2. The van der Waals surface area contributed by atoms with Crippen molar-refractivity contribution in [1.82, 2.24) is 25.1 Å². The van der Waals surface area contributed by atoms with Crippen molar-refractivity contribution in [3.05, 3.63) is 36.5 Å². The van der Waals surface area contributed by atoms with Gasteiger partial charge in [-0.25, -0.2) is 14.6 Å². The second-order valence-electron chi connectivity index (χ2n) is 6.54. The Balaban J connectivity index is 1.42. The van der Waals surface area contributed by atoms with Crippen LogP contribution in [0.25, 0.3) is 5.82 Å². The van der Waals surface area contributed by atoms with Crippen molar-refractivity contribution in [2.45, 2.75) is 44.8 Å². The molecule has 2 aromatic rings. The van der Waals surface area contributed by atoms with Crippen LogP contribution in [0.1, 0.15) is 43.0 Å². The molecule has 4 rings (SSSR count). The van der Waals surface area contributed by atoms with Gasteiger partial charge in [0.05, 0.1) is 11.7 Å². The van der Waals surface area contributed by atoms with Gasteiger partial charge in [0.2, 0.25) is 0 Å². The third-order valence-electron chi connectivity index (χ3n) is 5.41. The average molecular weight is 327 g/mol. The second kappa shape index (κ2) is 5.98. The monoisotopic (exact) mass is 327 g/mol. The van der Waals surface area contributed by atoms with E-state index in [0.717, 1.165) is 25.9 Å². The summed E-state index contributed by atoms with van der Waals surface area (Å²) < 4.78 is 7.39. The molecule has 0 aliphatic heterocycles. The molecule has 7 nitrogen and oxygen atoms in total. The average Bonchev–Trinajstić information content (AvgIpc) is 3.06. The van der Waals surface area contributed by atoms with Crippen molar-refractivity contribution in [2.75, 3.05) is 6.61 Å². The van der Waals surface area contributed by atoms with E-state index >= 15 is 0 Å². The Morgan fingerprint density at radius 3 is 2.92 bits per heavy atom. The molecule has 0 bridgehead atoms. The van der Waals surface area contributed by atoms with Crippen molar-refractivity contribution >= 4 is 5.91 Å². The molecule has 2 aliphatic rings. The zero-order valence-corrected chi connectivity index (χ0v) is 13.7. The minimum absolute atomic E-state index is 0.0705. The molecule has 2 saturated carbocycles. The highest BCUT2D eigenvalue weighted by Gasteiger charge is 2.59. The molecule has 1 N–H and O–H groups in total. The quantitative estimate of drug-likeness (QED) is 0.904. The number of amides is 1. The normalized spacial score (nSPS) is 24.2. The number of nitrogens with one attached hydrogen (secondary N) is 1. The molecule has 2 heterocycles. The van der Waals surface area contributed by atoms with Gasteiger partial charge in [-0.15, -0.1) is 0 Å². The van der Waals surface area contributed by atoms with E-state index in [1.807, 2.05) is 6.92 Å². The number of nitrogens with zero attached hydrogens (tertiary/aromatic N) is 4. The molecular formula is C17H21N5O2. The first-order valence-electron chi connectivity index (χ1n) is 8.46. The van der Waals surface area contributed by atoms with Crippen LogP contribution < -0.4 is 5.32 Å². The Bertz CT molecular complexity index is 709. The maximum Gasteiger partial charge on any atom is 0.253 e. The Labute approximate surface area is 140 Å². The van der Waals surface area contributed by atoms with Crippen LogP contribution in [0.15, 0.2) is 31.0 Å². The van der Waals surface area contributed by atoms with Gasteiger partial charge in [-0.2, -0.15) is 5.10 Å². The Morgan fingerprint density at radius 2 is 2.33 bits per heavy atom. The van der Waals surface area contributed by atoms with Crippen molar-refractivity contribution < 1.29 is 9.53 Å². The molecule has 126 valence electrons. The van der Waals surface area contributed by atoms with E-state index in [1.54, 1.807) is 29.3 Å². The second-order valence-corrected chi connectivity index (χ2v) is 6.54. The number of ether oxygens (including phenoxy) is 1. The number of hydrogen-bond acceptors (Lipinski definition) is 5. The number of carbonyl (C=O) groups is 1. The molecule has 2 fully saturated rings. The van der Waals surface area contributed by atoms with Crippen LogP contribution in [0, 0.1) is 5.41 Å². The van der Waals surface area contributed by atoms with Gasteiger partial charge in [0.25, 0.3) is 5.91 Å². The minimum atomic E-state index is -0.0705. The van der Waals surface area contributed by atoms with Gasteiger partial charge >= 0.3 is 0 Å². The summed E-state index contributed by atoms with van der Waals surface area (Å²) in [5, 5.41) is 7.20. The zero-order chi connectivity index (χ0) is 16.6. The highest BCUT2D eigenvalue weighted by Crippen LogP contribution is 2.57. The van der Waals surface area contributed by atoms with Crippen molar-refractivity contribution in [1.29, 1.82) is 0 Å². The highest BCUT2D eigenvalue weighted by molar-refractivity contribution is 5.94. The first-order chi connectivity index (χ1) is 11.7. The van der Waals surface area contributed by atoms with Gasteiger partial charge < -0.3 is 10.1 Å². The summed E-state index contributed by atoms with van der Waals surface area (Å²) in [6.07, 6.45) is 9.33. The van der Waals surface area contributed by atoms with E-state index < -0.39 is 0 Å². The Morgan fingerprint density at radius 1 is 1.46 bits per heavy atom. The maximum atomic E-state index is 12.5. The molecule has 2 aromatic heterocycles. The standard InChI is InChI=1S/C17H21N5O2/c1-2-24-14-8-13(17(14)6-3-7-17)21-16(23)12-4-5-15(19-9-12)22-11-18-10-20-22/h4-5,9-11,13-14H,2-3,6-8H2,1H3,(H,21,23). The molecule has 2 atom stereocenters. The summed E-state index contributed by atoms with van der Waals surface area (Å²) in [6.45, 7) is 2.77. The van der Waals surface area contributed by atoms with Crippen molar-refractivity contribution in [2.24, 2.45) is 5.41 Å². The lowest BCUT2D eigenvalue weighted by molar-refractivity contribution is -0.169. The largest absolute Gasteiger partial charge is 0.378 e. The summed E-state index contributed by atoms with van der Waals surface area (Å²) in [5.41, 5.74) is 0.730. The first-order valence-corrected chi connectivity index (χ1v) is 8.46. The van der Waals surface area contributed by atoms with E-state index in [4.69, 9.17) is 4.74 Å². The van der Waals surface area contributed by atoms with Gasteiger partial charge in [0, 0.05) is 24.3 Å². The van der Waals surface area contributed by atoms with E-state index in [1.165, 1.54) is 12.7 Å². The predicted molar refractivity (Wildman–Crippen MR) is 86.7 cm³/mol. The van der Waals surface area contributed by atoms with Gasteiger partial charge in [-0.1, -0.05) is 6.42 Å². The van der Waals surface area contributed by atoms with Crippen LogP contribution in [-0.4, -0.2) is 44.4 Å². The van der Waals surface area contributed by atoms with E-state index in [9.17, 15) is 4.79 Å². The van der Waals surface area contributed by atoms with E-state index in [0.29, 0.717) is 17.5 Å². The molecule has 1 amide bonds. The molecule has 0 saturated heterocycles. The lowest BCUT2D eigenvalue weighted by Crippen LogP contribution is -2.67. The Hall–Kier alpha value is -2.28. The smallest absolute Gasteiger partial charge is 0.253 e. The van der Waals surface area contributed by atoms with E-state index in [2.05, 4.69) is 20.4 Å². The summed E-state index contributed by atoms with van der Waals surface area (Å²) >= 11 is 0. The van der Waals surface area contributed by atoms with Crippen LogP contribution in [0.4, 0.5) is 0 Å². The summed E-state index contributed by atoms with van der Waals surface area (Å²) in [6, 6.07) is 3.75. The minimum Gasteiger partial charge on any atom is -0.378 e. The number of rotatable bonds is 5. The zero-order valence-electron chi connectivity index (χ0n) is 13.7. The van der Waals surface area contributed by atoms with E-state index in [-0.39, 0.29) is 17.4 Å². The predicted octanol–water partition coefficient (Wildman–Crippen LogP) is 1.74. The summed E-state index contributed by atoms with van der Waals surface area (Å²) in [4.78, 5) is 20.7. The van der Waals surface area contributed by atoms with Gasteiger partial charge in [-0.05, 0) is 38.3 Å². The molecule has 0 radical (unpaired) electrons. The first kappa shape index (κ1) is 15.3. The molecule has 2 aliphatic carbocycles. The lowest BCUT2D eigenvalue weighted by Gasteiger charge is -2.61. The molecule has 7 heteroatoms. The Kier molecular flexibility index (Phi) is 3.80. The summed E-state index contributed by atoms with van der Waals surface area (Å²) in [7, 11) is 0. The van der Waals surface area contributed by atoms with Crippen molar-refractivity contribution in [3.63, 3.8) is 0 Å². The third kappa shape index (κ3) is 2.39. The number of pyridine rings is 1. The molecule has 24 heavy (non-hydrogen) atoms. The fourth-order valence-electron chi connectivity index (χ4n) is 3.86. The van der Waals surface area contributed by atoms with Gasteiger partial charge in [0.1, 0.15) is 12.7 Å². The fourth-order valence-corrected chi connectivity index (χ4v) is 3.86. The molecular weight excluding hydrogens is 306 g/mol. The highest BCUT2D eigenvalue weighted by atomic mass is 16.5. The van der Waals surface area contributed by atoms with Crippen LogP contribution >= 0.6 is 0 Å². The molecule has 2 unspecified atom stereocenters. The van der Waals surface area contributed by atoms with Gasteiger partial charge in [0.15, 0.2) is 5.82 Å². The lowest BCUT2D eigenvalue weighted by atomic mass is 9.51. The van der Waals surface area contributed by atoms with Crippen LogP contribution in [0.3, 0.4) is 0 Å². The number of aromatic nitrogens is 4. The summed E-state index contributed by atoms with van der Waals surface area (Å²) in [5.74, 6) is 0.568. The van der Waals surface area contributed by atoms with Crippen LogP contribution in [-0.2, 0) is 4.74 Å². The molecule has 0 aromatic carbocycles. The van der Waals surface area contributed by atoms with Gasteiger partial charge in [-0.3, -0.25) is 4.79 Å². The third-order valence-corrected chi connectivity index (χ3v) is 5.41. The number of hydrogen-bond donors (Lipinski definition) is 1. The van der Waals surface area contributed by atoms with Crippen molar-refractivity contribution in [3.8, 4) is 5.82 Å².